The van der Waals surface area contributed by atoms with Crippen LogP contribution >= 0.6 is 0 Å². The molecule has 3 aromatic heterocycles. The van der Waals surface area contributed by atoms with Crippen LogP contribution in [0, 0.1) is 6.92 Å². The minimum Gasteiger partial charge on any atom is -0.443 e. The van der Waals surface area contributed by atoms with Crippen LogP contribution in [0.1, 0.15) is 24.4 Å². The van der Waals surface area contributed by atoms with Crippen molar-refractivity contribution >= 4 is 33.0 Å². The summed E-state index contributed by atoms with van der Waals surface area (Å²) in [6.45, 7) is 2.08. The van der Waals surface area contributed by atoms with Gasteiger partial charge in [-0.2, -0.15) is 0 Å². The van der Waals surface area contributed by atoms with Crippen LogP contribution in [0.3, 0.4) is 0 Å². The van der Waals surface area contributed by atoms with Crippen molar-refractivity contribution in [2.75, 3.05) is 0 Å². The quantitative estimate of drug-likeness (QED) is 0.511. The van der Waals surface area contributed by atoms with Gasteiger partial charge in [-0.3, -0.25) is 4.79 Å². The lowest BCUT2D eigenvalue weighted by Crippen LogP contribution is -2.20. The van der Waals surface area contributed by atoms with Gasteiger partial charge < -0.3 is 14.0 Å². The molecule has 0 unspecified atom stereocenters. The molecule has 6 nitrogen and oxygen atoms in total. The predicted molar refractivity (Wildman–Crippen MR) is 104 cm³/mol. The number of nitrogens with one attached hydrogen (secondary N) is 1. The summed E-state index contributed by atoms with van der Waals surface area (Å²) >= 11 is 0. The highest BCUT2D eigenvalue weighted by Crippen LogP contribution is 2.40. The summed E-state index contributed by atoms with van der Waals surface area (Å²) in [4.78, 5) is 24.7. The molecule has 1 N–H and O–H groups in total. The fraction of sp³-hybridized carbons (Fsp3) is 0.190. The Hall–Kier alpha value is -3.41. The van der Waals surface area contributed by atoms with Crippen LogP contribution in [0.5, 0.6) is 0 Å². The highest BCUT2D eigenvalue weighted by molar-refractivity contribution is 6.04. The summed E-state index contributed by atoms with van der Waals surface area (Å²) in [7, 11) is 0. The lowest BCUT2D eigenvalue weighted by molar-refractivity contribution is 0.604. The normalized spacial score (nSPS) is 14.6. The minimum absolute atomic E-state index is 0.0586. The highest BCUT2D eigenvalue weighted by Gasteiger charge is 2.29. The average molecular weight is 356 g/mol. The Morgan fingerprint density at radius 3 is 2.93 bits per heavy atom. The lowest BCUT2D eigenvalue weighted by atomic mass is 9.96. The third-order valence-corrected chi connectivity index (χ3v) is 5.55. The maximum absolute atomic E-state index is 13.1. The molecule has 1 aliphatic rings. The summed E-state index contributed by atoms with van der Waals surface area (Å²) in [5, 5.41) is 0.941. The molecule has 1 aliphatic carbocycles. The SMILES string of the molecule is Cc1c(-c2ccc3[nH]cnc3c2)ccc2c3ocnc3c(=O)n(C3CC3)c12. The van der Waals surface area contributed by atoms with Gasteiger partial charge in [0.05, 0.1) is 22.9 Å². The van der Waals surface area contributed by atoms with E-state index in [1.807, 2.05) is 16.7 Å². The number of aromatic amines is 1. The maximum atomic E-state index is 13.1. The van der Waals surface area contributed by atoms with Gasteiger partial charge in [0.1, 0.15) is 0 Å². The van der Waals surface area contributed by atoms with Gasteiger partial charge in [0.2, 0.25) is 0 Å². The van der Waals surface area contributed by atoms with Crippen LogP contribution in [0.4, 0.5) is 0 Å². The van der Waals surface area contributed by atoms with Crippen LogP contribution in [0.2, 0.25) is 0 Å². The van der Waals surface area contributed by atoms with Crippen molar-refractivity contribution < 1.29 is 4.42 Å². The number of hydrogen-bond acceptors (Lipinski definition) is 4. The Bertz CT molecular complexity index is 1420. The summed E-state index contributed by atoms with van der Waals surface area (Å²) in [5.41, 5.74) is 7.07. The summed E-state index contributed by atoms with van der Waals surface area (Å²) in [5.74, 6) is 0. The monoisotopic (exact) mass is 356 g/mol. The molecule has 1 saturated carbocycles. The van der Waals surface area contributed by atoms with Gasteiger partial charge >= 0.3 is 0 Å². The molecule has 2 aromatic carbocycles. The van der Waals surface area contributed by atoms with E-state index in [2.05, 4.69) is 40.1 Å². The molecular weight excluding hydrogens is 340 g/mol. The minimum atomic E-state index is -0.0586. The van der Waals surface area contributed by atoms with E-state index in [0.29, 0.717) is 11.1 Å². The Labute approximate surface area is 153 Å². The smallest absolute Gasteiger partial charge is 0.281 e. The molecule has 6 heteroatoms. The fourth-order valence-electron chi connectivity index (χ4n) is 4.09. The first-order valence-corrected chi connectivity index (χ1v) is 9.07. The predicted octanol–water partition coefficient (Wildman–Crippen LogP) is 4.33. The fourth-order valence-corrected chi connectivity index (χ4v) is 4.09. The van der Waals surface area contributed by atoms with Gasteiger partial charge in [-0.15, -0.1) is 0 Å². The lowest BCUT2D eigenvalue weighted by Gasteiger charge is -2.15. The number of hydrogen-bond donors (Lipinski definition) is 1. The van der Waals surface area contributed by atoms with Crippen molar-refractivity contribution in [3.63, 3.8) is 0 Å². The Morgan fingerprint density at radius 1 is 1.19 bits per heavy atom. The van der Waals surface area contributed by atoms with Crippen LogP contribution in [0.25, 0.3) is 44.2 Å². The van der Waals surface area contributed by atoms with Crippen molar-refractivity contribution in [2.45, 2.75) is 25.8 Å². The van der Waals surface area contributed by atoms with E-state index in [4.69, 9.17) is 4.42 Å². The van der Waals surface area contributed by atoms with E-state index < -0.39 is 0 Å². The number of pyridine rings is 1. The number of fused-ring (bicyclic) bond motifs is 4. The number of imidazole rings is 1. The largest absolute Gasteiger partial charge is 0.443 e. The van der Waals surface area contributed by atoms with E-state index in [1.165, 1.54) is 6.39 Å². The van der Waals surface area contributed by atoms with Gasteiger partial charge in [0, 0.05) is 11.4 Å². The third kappa shape index (κ3) is 1.98. The zero-order chi connectivity index (χ0) is 18.1. The molecule has 0 radical (unpaired) electrons. The average Bonchev–Trinajstić information content (AvgIpc) is 3.19. The topological polar surface area (TPSA) is 76.7 Å². The molecule has 0 spiro atoms. The van der Waals surface area contributed by atoms with Gasteiger partial charge in [0.15, 0.2) is 17.5 Å². The molecule has 6 rings (SSSR count). The first-order chi connectivity index (χ1) is 13.2. The second kappa shape index (κ2) is 5.07. The molecular formula is C21H16N4O2. The summed E-state index contributed by atoms with van der Waals surface area (Å²) < 4.78 is 7.50. The number of nitrogens with zero attached hydrogens (tertiary/aromatic N) is 3. The van der Waals surface area contributed by atoms with E-state index in [9.17, 15) is 4.79 Å². The zero-order valence-corrected chi connectivity index (χ0v) is 14.7. The summed E-state index contributed by atoms with van der Waals surface area (Å²) in [6.07, 6.45) is 5.12. The van der Waals surface area contributed by atoms with Gasteiger partial charge in [-0.05, 0) is 54.7 Å². The van der Waals surface area contributed by atoms with Crippen molar-refractivity contribution in [3.8, 4) is 11.1 Å². The molecule has 27 heavy (non-hydrogen) atoms. The van der Waals surface area contributed by atoms with Gasteiger partial charge in [0.25, 0.3) is 5.56 Å². The molecule has 3 heterocycles. The van der Waals surface area contributed by atoms with Crippen LogP contribution in [-0.2, 0) is 0 Å². The molecule has 0 aliphatic heterocycles. The number of aromatic nitrogens is 4. The molecule has 0 bridgehead atoms. The van der Waals surface area contributed by atoms with E-state index in [0.717, 1.165) is 51.5 Å². The van der Waals surface area contributed by atoms with Crippen LogP contribution < -0.4 is 5.56 Å². The number of H-pyrrole nitrogens is 1. The van der Waals surface area contributed by atoms with Gasteiger partial charge in [-0.25, -0.2) is 9.97 Å². The number of benzene rings is 2. The van der Waals surface area contributed by atoms with Crippen molar-refractivity contribution in [3.05, 3.63) is 59.0 Å². The third-order valence-electron chi connectivity index (χ3n) is 5.55. The molecule has 5 aromatic rings. The number of oxazole rings is 1. The first-order valence-electron chi connectivity index (χ1n) is 9.07. The summed E-state index contributed by atoms with van der Waals surface area (Å²) in [6, 6.07) is 10.6. The van der Waals surface area contributed by atoms with Crippen LogP contribution in [0.15, 0.2) is 52.3 Å². The molecule has 0 atom stereocenters. The van der Waals surface area contributed by atoms with E-state index >= 15 is 0 Å². The Kier molecular flexibility index (Phi) is 2.76. The highest BCUT2D eigenvalue weighted by atomic mass is 16.3. The van der Waals surface area contributed by atoms with Crippen LogP contribution in [-0.4, -0.2) is 19.5 Å². The standard InChI is InChI=1S/C21H16N4O2/c1-11-14(12-2-7-16-17(8-12)23-9-22-16)5-6-15-19(11)25(13-3-4-13)21(26)18-20(15)27-10-24-18/h2,5-10,13H,3-4H2,1H3,(H,22,23). The van der Waals surface area contributed by atoms with E-state index in [1.54, 1.807) is 6.33 Å². The number of rotatable bonds is 2. The van der Waals surface area contributed by atoms with Gasteiger partial charge in [-0.1, -0.05) is 12.1 Å². The second-order valence-corrected chi connectivity index (χ2v) is 7.21. The van der Waals surface area contributed by atoms with E-state index in [-0.39, 0.29) is 11.6 Å². The Morgan fingerprint density at radius 2 is 2.07 bits per heavy atom. The van der Waals surface area contributed by atoms with Crippen molar-refractivity contribution in [1.29, 1.82) is 0 Å². The van der Waals surface area contributed by atoms with Crippen molar-refractivity contribution in [1.82, 2.24) is 19.5 Å². The Balaban J connectivity index is 1.73. The van der Waals surface area contributed by atoms with Crippen molar-refractivity contribution in [2.24, 2.45) is 0 Å². The zero-order valence-electron chi connectivity index (χ0n) is 14.7. The molecule has 0 amide bonds. The molecule has 1 fully saturated rings. The second-order valence-electron chi connectivity index (χ2n) is 7.21. The molecule has 132 valence electrons. The maximum Gasteiger partial charge on any atom is 0.281 e. The molecule has 0 saturated heterocycles. The first kappa shape index (κ1) is 14.7. The number of aryl methyl sites for hydroxylation is 1.